The number of halogens is 1. The second-order valence-electron chi connectivity index (χ2n) is 0.888. The Labute approximate surface area is 45.1 Å². The van der Waals surface area contributed by atoms with E-state index in [2.05, 4.69) is 15.0 Å². The predicted molar refractivity (Wildman–Crippen MR) is 24.6 cm³/mol. The molecule has 0 aromatic heterocycles. The van der Waals surface area contributed by atoms with Crippen LogP contribution in [-0.4, -0.2) is 5.17 Å². The Morgan fingerprint density at radius 1 is 1.71 bits per heavy atom. The maximum atomic E-state index is 5.27. The summed E-state index contributed by atoms with van der Waals surface area (Å²) in [5, 5.41) is 3.49. The SMILES string of the molecule is ClC1=NOOC=C1. The van der Waals surface area contributed by atoms with Gasteiger partial charge in [-0.05, 0) is 5.16 Å². The second-order valence-corrected chi connectivity index (χ2v) is 1.27. The number of allylic oxidation sites excluding steroid dienone is 1. The molecule has 0 atom stereocenters. The van der Waals surface area contributed by atoms with Crippen molar-refractivity contribution in [3.63, 3.8) is 0 Å². The topological polar surface area (TPSA) is 30.8 Å². The van der Waals surface area contributed by atoms with E-state index >= 15 is 0 Å². The first-order valence-corrected chi connectivity index (χ1v) is 2.00. The van der Waals surface area contributed by atoms with Crippen LogP contribution in [0.5, 0.6) is 0 Å². The van der Waals surface area contributed by atoms with Gasteiger partial charge in [0.1, 0.15) is 6.26 Å². The van der Waals surface area contributed by atoms with E-state index in [0.29, 0.717) is 0 Å². The Morgan fingerprint density at radius 2 is 2.57 bits per heavy atom. The van der Waals surface area contributed by atoms with Gasteiger partial charge in [0.15, 0.2) is 5.17 Å². The van der Waals surface area contributed by atoms with Crippen LogP contribution in [0.1, 0.15) is 0 Å². The summed E-state index contributed by atoms with van der Waals surface area (Å²) in [5.41, 5.74) is 0. The van der Waals surface area contributed by atoms with Crippen LogP contribution in [-0.2, 0) is 9.88 Å². The fourth-order valence-electron chi connectivity index (χ4n) is 0.196. The van der Waals surface area contributed by atoms with Gasteiger partial charge in [0, 0.05) is 6.08 Å². The van der Waals surface area contributed by atoms with E-state index in [0.717, 1.165) is 0 Å². The first-order valence-electron chi connectivity index (χ1n) is 1.62. The van der Waals surface area contributed by atoms with Gasteiger partial charge in [0.05, 0.1) is 0 Å². The van der Waals surface area contributed by atoms with E-state index in [1.165, 1.54) is 12.3 Å². The molecule has 0 unspecified atom stereocenters. The van der Waals surface area contributed by atoms with Gasteiger partial charge in [-0.3, -0.25) is 4.89 Å². The van der Waals surface area contributed by atoms with E-state index in [4.69, 9.17) is 11.6 Å². The van der Waals surface area contributed by atoms with Crippen molar-refractivity contribution in [1.29, 1.82) is 0 Å². The molecule has 0 spiro atoms. The Bertz CT molecular complexity index is 120. The van der Waals surface area contributed by atoms with Crippen molar-refractivity contribution in [2.75, 3.05) is 0 Å². The lowest BCUT2D eigenvalue weighted by Gasteiger charge is -1.95. The van der Waals surface area contributed by atoms with Crippen molar-refractivity contribution >= 4 is 16.8 Å². The standard InChI is InChI=1S/C3H2ClNO2/c4-3-1-2-6-7-5-3/h1-2H. The lowest BCUT2D eigenvalue weighted by atomic mass is 10.7. The minimum Gasteiger partial charge on any atom is -0.275 e. The molecule has 4 heteroatoms. The molecular formula is C3H2ClNO2. The zero-order chi connectivity index (χ0) is 5.11. The van der Waals surface area contributed by atoms with Gasteiger partial charge in [0.25, 0.3) is 0 Å². The summed E-state index contributed by atoms with van der Waals surface area (Å²) in [5.74, 6) is 0. The summed E-state index contributed by atoms with van der Waals surface area (Å²) in [6.45, 7) is 0. The molecule has 0 N–H and O–H groups in total. The Kier molecular flexibility index (Phi) is 1.17. The molecule has 0 aromatic rings. The van der Waals surface area contributed by atoms with Gasteiger partial charge in [-0.25, -0.2) is 0 Å². The van der Waals surface area contributed by atoms with Crippen LogP contribution in [0.3, 0.4) is 0 Å². The normalized spacial score (nSPS) is 17.0. The molecule has 0 amide bonds. The lowest BCUT2D eigenvalue weighted by molar-refractivity contribution is -0.251. The third kappa shape index (κ3) is 1.08. The largest absolute Gasteiger partial charge is 0.275 e. The molecule has 1 rings (SSSR count). The molecule has 3 nitrogen and oxygen atoms in total. The molecule has 0 radical (unpaired) electrons. The molecule has 38 valence electrons. The Balaban J connectivity index is 2.58. The van der Waals surface area contributed by atoms with E-state index < -0.39 is 0 Å². The third-order valence-electron chi connectivity index (χ3n) is 0.429. The van der Waals surface area contributed by atoms with Gasteiger partial charge in [-0.15, -0.1) is 0 Å². The van der Waals surface area contributed by atoms with Gasteiger partial charge < -0.3 is 0 Å². The highest BCUT2D eigenvalue weighted by Crippen LogP contribution is 1.96. The monoisotopic (exact) mass is 119 g/mol. The summed E-state index contributed by atoms with van der Waals surface area (Å²) < 4.78 is 0. The lowest BCUT2D eigenvalue weighted by Crippen LogP contribution is -1.90. The van der Waals surface area contributed by atoms with Crippen LogP contribution < -0.4 is 0 Å². The highest BCUT2D eigenvalue weighted by molar-refractivity contribution is 6.68. The molecular weight excluding hydrogens is 117 g/mol. The van der Waals surface area contributed by atoms with Crippen LogP contribution in [0.4, 0.5) is 0 Å². The molecule has 0 saturated heterocycles. The van der Waals surface area contributed by atoms with Crippen LogP contribution in [0.25, 0.3) is 0 Å². The number of nitrogens with zero attached hydrogens (tertiary/aromatic N) is 1. The Morgan fingerprint density at radius 3 is 2.86 bits per heavy atom. The van der Waals surface area contributed by atoms with Crippen LogP contribution >= 0.6 is 11.6 Å². The quantitative estimate of drug-likeness (QED) is 0.446. The average molecular weight is 120 g/mol. The number of hydrogen-bond acceptors (Lipinski definition) is 3. The van der Waals surface area contributed by atoms with E-state index in [9.17, 15) is 0 Å². The molecule has 7 heavy (non-hydrogen) atoms. The van der Waals surface area contributed by atoms with Gasteiger partial charge in [-0.2, -0.15) is 4.99 Å². The summed E-state index contributed by atoms with van der Waals surface area (Å²) in [6, 6.07) is 0. The molecule has 1 aliphatic rings. The second kappa shape index (κ2) is 1.84. The maximum Gasteiger partial charge on any atom is 0.176 e. The summed E-state index contributed by atoms with van der Waals surface area (Å²) in [4.78, 5) is 8.24. The predicted octanol–water partition coefficient (Wildman–Crippen LogP) is 1.01. The molecule has 0 bridgehead atoms. The molecule has 0 fully saturated rings. The van der Waals surface area contributed by atoms with Gasteiger partial charge in [0.2, 0.25) is 0 Å². The molecule has 0 aliphatic carbocycles. The minimum absolute atomic E-state index is 0.284. The van der Waals surface area contributed by atoms with E-state index in [-0.39, 0.29) is 5.17 Å². The minimum atomic E-state index is 0.284. The summed E-state index contributed by atoms with van der Waals surface area (Å²) in [6.07, 6.45) is 2.78. The van der Waals surface area contributed by atoms with Crippen molar-refractivity contribution in [3.8, 4) is 0 Å². The van der Waals surface area contributed by atoms with Crippen molar-refractivity contribution in [3.05, 3.63) is 12.3 Å². The molecule has 1 heterocycles. The fraction of sp³-hybridized carbons (Fsp3) is 0. The van der Waals surface area contributed by atoms with E-state index in [1.54, 1.807) is 0 Å². The number of oxime groups is 1. The number of hydrogen-bond donors (Lipinski definition) is 0. The van der Waals surface area contributed by atoms with Gasteiger partial charge in [-0.1, -0.05) is 11.6 Å². The van der Waals surface area contributed by atoms with E-state index in [1.807, 2.05) is 0 Å². The maximum absolute atomic E-state index is 5.27. The first-order chi connectivity index (χ1) is 3.39. The van der Waals surface area contributed by atoms with Crippen molar-refractivity contribution in [2.45, 2.75) is 0 Å². The van der Waals surface area contributed by atoms with Gasteiger partial charge >= 0.3 is 0 Å². The van der Waals surface area contributed by atoms with Crippen molar-refractivity contribution in [2.24, 2.45) is 5.16 Å². The average Bonchev–Trinajstić information content (AvgIpc) is 1.69. The molecule has 0 saturated carbocycles. The third-order valence-corrected chi connectivity index (χ3v) is 0.624. The molecule has 0 aromatic carbocycles. The smallest absolute Gasteiger partial charge is 0.176 e. The zero-order valence-electron chi connectivity index (χ0n) is 3.30. The summed E-state index contributed by atoms with van der Waals surface area (Å²) in [7, 11) is 0. The highest BCUT2D eigenvalue weighted by atomic mass is 35.5. The Hall–Kier alpha value is -0.700. The zero-order valence-corrected chi connectivity index (χ0v) is 4.05. The van der Waals surface area contributed by atoms with Crippen LogP contribution in [0, 0.1) is 0 Å². The summed E-state index contributed by atoms with van der Waals surface area (Å²) >= 11 is 5.27. The van der Waals surface area contributed by atoms with Crippen molar-refractivity contribution < 1.29 is 9.88 Å². The fourth-order valence-corrected chi connectivity index (χ4v) is 0.276. The van der Waals surface area contributed by atoms with Crippen LogP contribution in [0.15, 0.2) is 17.5 Å². The van der Waals surface area contributed by atoms with Crippen LogP contribution in [0.2, 0.25) is 0 Å². The van der Waals surface area contributed by atoms with Crippen molar-refractivity contribution in [1.82, 2.24) is 0 Å². The number of rotatable bonds is 0. The first kappa shape index (κ1) is 4.46. The highest BCUT2D eigenvalue weighted by Gasteiger charge is 1.92. The molecule has 1 aliphatic heterocycles.